The fraction of sp³-hybridized carbons (Fsp3) is 0.810. The monoisotopic (exact) mass is 628 g/mol. The van der Waals surface area contributed by atoms with E-state index in [1.165, 1.54) is 24.0 Å². The number of allylic oxidation sites excluding steroid dienone is 4. The Morgan fingerprint density at radius 2 is 1.02 bits per heavy atom. The topological polar surface area (TPSA) is 74.6 Å². The van der Waals surface area contributed by atoms with Crippen molar-refractivity contribution in [1.29, 1.82) is 0 Å². The zero-order valence-electron chi connectivity index (χ0n) is 29.1. The van der Waals surface area contributed by atoms with Crippen LogP contribution in [0.5, 0.6) is 0 Å². The highest BCUT2D eigenvalue weighted by Crippen LogP contribution is 2.68. The maximum Gasteiger partial charge on any atom is 0.155 e. The van der Waals surface area contributed by atoms with Crippen molar-refractivity contribution in [2.75, 3.05) is 0 Å². The van der Waals surface area contributed by atoms with Crippen LogP contribution in [0, 0.1) is 69.0 Å². The molecule has 0 saturated heterocycles. The average molecular weight is 629 g/mol. The minimum atomic E-state index is -0.173. The van der Waals surface area contributed by atoms with Crippen molar-refractivity contribution in [2.45, 2.75) is 143 Å². The molecule has 4 heteroatoms. The number of ketones is 2. The van der Waals surface area contributed by atoms with Crippen molar-refractivity contribution in [3.05, 3.63) is 35.5 Å². The summed E-state index contributed by atoms with van der Waals surface area (Å²) in [4.78, 5) is 25.3. The largest absolute Gasteiger partial charge is 0.393 e. The van der Waals surface area contributed by atoms with Gasteiger partial charge in [0.25, 0.3) is 0 Å². The van der Waals surface area contributed by atoms with E-state index in [2.05, 4.69) is 39.8 Å². The summed E-state index contributed by atoms with van der Waals surface area (Å²) in [5.41, 5.74) is 3.22. The molecule has 8 rings (SSSR count). The summed E-state index contributed by atoms with van der Waals surface area (Å²) in [5.74, 6) is 5.34. The van der Waals surface area contributed by atoms with Crippen molar-refractivity contribution < 1.29 is 19.8 Å². The number of hydrogen-bond donors (Lipinski definition) is 2. The molecule has 46 heavy (non-hydrogen) atoms. The Bertz CT molecular complexity index is 1270. The van der Waals surface area contributed by atoms with Gasteiger partial charge < -0.3 is 10.2 Å². The molecule has 0 aromatic carbocycles. The molecule has 252 valence electrons. The number of carbonyl (C=O) groups is 2. The maximum absolute atomic E-state index is 12.7. The molecule has 0 spiro atoms. The fourth-order valence-electron chi connectivity index (χ4n) is 14.4. The molecule has 8 aliphatic carbocycles. The predicted molar refractivity (Wildman–Crippen MR) is 182 cm³/mol. The van der Waals surface area contributed by atoms with Crippen LogP contribution in [0.25, 0.3) is 0 Å². The first-order valence-corrected chi connectivity index (χ1v) is 19.4. The molecule has 0 amide bonds. The molecular formula is C42H60O4. The third-order valence-corrected chi connectivity index (χ3v) is 17.2. The quantitative estimate of drug-likeness (QED) is 0.306. The first kappa shape index (κ1) is 31.7. The summed E-state index contributed by atoms with van der Waals surface area (Å²) in [5, 5.41) is 22.3. The van der Waals surface area contributed by atoms with Crippen LogP contribution in [0.4, 0.5) is 0 Å². The van der Waals surface area contributed by atoms with E-state index in [0.717, 1.165) is 77.0 Å². The second-order valence-electron chi connectivity index (χ2n) is 18.8. The molecule has 8 aliphatic rings. The van der Waals surface area contributed by atoms with Gasteiger partial charge in [-0.2, -0.15) is 0 Å². The number of rotatable bonds is 4. The lowest BCUT2D eigenvalue weighted by atomic mass is 9.44. The van der Waals surface area contributed by atoms with Gasteiger partial charge in [0.1, 0.15) is 0 Å². The summed E-state index contributed by atoms with van der Waals surface area (Å²) in [6.07, 6.45) is 25.1. The molecule has 0 unspecified atom stereocenters. The molecule has 14 atom stereocenters. The summed E-state index contributed by atoms with van der Waals surface area (Å²) in [6, 6.07) is 0. The molecule has 4 nitrogen and oxygen atoms in total. The predicted octanol–water partition coefficient (Wildman–Crippen LogP) is 8.56. The van der Waals surface area contributed by atoms with E-state index in [1.807, 2.05) is 12.2 Å². The van der Waals surface area contributed by atoms with Crippen LogP contribution in [-0.2, 0) is 9.59 Å². The summed E-state index contributed by atoms with van der Waals surface area (Å²) < 4.78 is 0. The molecule has 0 radical (unpaired) electrons. The van der Waals surface area contributed by atoms with Crippen LogP contribution in [0.15, 0.2) is 35.5 Å². The summed E-state index contributed by atoms with van der Waals surface area (Å²) >= 11 is 0. The Labute approximate surface area is 277 Å². The molecule has 2 N–H and O–H groups in total. The van der Waals surface area contributed by atoms with Crippen molar-refractivity contribution in [1.82, 2.24) is 0 Å². The lowest BCUT2D eigenvalue weighted by Gasteiger charge is -2.60. The summed E-state index contributed by atoms with van der Waals surface area (Å²) in [7, 11) is 0. The Balaban J connectivity index is 1.06. The second-order valence-corrected chi connectivity index (χ2v) is 18.8. The van der Waals surface area contributed by atoms with Crippen LogP contribution < -0.4 is 0 Å². The molecular weight excluding hydrogens is 568 g/mol. The van der Waals surface area contributed by atoms with Crippen LogP contribution in [0.2, 0.25) is 0 Å². The third-order valence-electron chi connectivity index (χ3n) is 17.2. The first-order valence-electron chi connectivity index (χ1n) is 19.4. The zero-order chi connectivity index (χ0) is 32.2. The van der Waals surface area contributed by atoms with E-state index in [1.54, 1.807) is 0 Å². The standard InChI is InChI=1S/C42H60O4/c1-39-17-13-29(43)23-27(39)21-25(37-31-9-11-35(45)41(31,3)19-15-33(37)39)7-5-6-8-26-22-28-24-30(44)14-18-40(28,2)34-16-20-42(4)32(38(26)34)10-12-36(42)46/h5-6,23-26,31-38,45-46H,7-22H2,1-4H3/b6-5+/t25-,26-,31-,32-,33-,34-,35-,36-,37-,38-,39-,40-,41-,42-/m0/s1. The van der Waals surface area contributed by atoms with Crippen LogP contribution in [0.3, 0.4) is 0 Å². The number of aliphatic hydroxyl groups excluding tert-OH is 2. The second kappa shape index (κ2) is 11.0. The Morgan fingerprint density at radius 1 is 0.609 bits per heavy atom. The normalized spacial score (nSPS) is 53.0. The van der Waals surface area contributed by atoms with Gasteiger partial charge in [-0.15, -0.1) is 0 Å². The van der Waals surface area contributed by atoms with Gasteiger partial charge >= 0.3 is 0 Å². The molecule has 6 saturated carbocycles. The van der Waals surface area contributed by atoms with E-state index in [0.29, 0.717) is 71.8 Å². The van der Waals surface area contributed by atoms with Gasteiger partial charge in [0.15, 0.2) is 11.6 Å². The van der Waals surface area contributed by atoms with E-state index < -0.39 is 0 Å². The highest BCUT2D eigenvalue weighted by atomic mass is 16.3. The minimum absolute atomic E-state index is 0.0413. The molecule has 0 aliphatic heterocycles. The van der Waals surface area contributed by atoms with Gasteiger partial charge in [0.05, 0.1) is 12.2 Å². The van der Waals surface area contributed by atoms with E-state index in [9.17, 15) is 19.8 Å². The number of carbonyl (C=O) groups excluding carboxylic acids is 2. The lowest BCUT2D eigenvalue weighted by molar-refractivity contribution is -0.120. The van der Waals surface area contributed by atoms with Crippen LogP contribution >= 0.6 is 0 Å². The molecule has 0 bridgehead atoms. The van der Waals surface area contributed by atoms with Crippen LogP contribution in [-0.4, -0.2) is 34.0 Å². The van der Waals surface area contributed by atoms with E-state index in [-0.39, 0.29) is 33.9 Å². The van der Waals surface area contributed by atoms with Gasteiger partial charge in [0, 0.05) is 12.8 Å². The lowest BCUT2D eigenvalue weighted by Crippen LogP contribution is -2.54. The van der Waals surface area contributed by atoms with Gasteiger partial charge in [-0.3, -0.25) is 9.59 Å². The SMILES string of the molecule is C[C@]12CC[C@H]3[C@@H]([C@@H](C/C=C/C[C@H]4CC5=CC(=O)CC[C@]5(C)[C@H]5CC[C@]6(C)[C@@H](O)CC[C@H]6[C@H]45)CC4=CC(=O)CC[C@@]43C)[C@@H]1CC[C@@H]2O. The van der Waals surface area contributed by atoms with Crippen molar-refractivity contribution >= 4 is 11.6 Å². The van der Waals surface area contributed by atoms with E-state index >= 15 is 0 Å². The number of hydrogen-bond acceptors (Lipinski definition) is 4. The zero-order valence-corrected chi connectivity index (χ0v) is 29.1. The Morgan fingerprint density at radius 3 is 1.43 bits per heavy atom. The number of fused-ring (bicyclic) bond motifs is 10. The number of aliphatic hydroxyl groups is 2. The van der Waals surface area contributed by atoms with Gasteiger partial charge in [0.2, 0.25) is 0 Å². The molecule has 0 heterocycles. The Kier molecular flexibility index (Phi) is 7.58. The molecule has 0 aromatic rings. The maximum atomic E-state index is 12.7. The first-order chi connectivity index (χ1) is 21.9. The average Bonchev–Trinajstić information content (AvgIpc) is 3.50. The van der Waals surface area contributed by atoms with E-state index in [4.69, 9.17) is 0 Å². The van der Waals surface area contributed by atoms with Gasteiger partial charge in [-0.25, -0.2) is 0 Å². The Hall–Kier alpha value is -1.52. The molecule has 0 aromatic heterocycles. The van der Waals surface area contributed by atoms with Crippen LogP contribution in [0.1, 0.15) is 130 Å². The summed E-state index contributed by atoms with van der Waals surface area (Å²) in [6.45, 7) is 9.70. The van der Waals surface area contributed by atoms with Gasteiger partial charge in [-0.05, 0) is 171 Å². The fourth-order valence-corrected chi connectivity index (χ4v) is 14.4. The minimum Gasteiger partial charge on any atom is -0.393 e. The molecule has 6 fully saturated rings. The highest BCUT2D eigenvalue weighted by Gasteiger charge is 2.62. The highest BCUT2D eigenvalue weighted by molar-refractivity contribution is 5.92. The third kappa shape index (κ3) is 4.50. The smallest absolute Gasteiger partial charge is 0.155 e. The van der Waals surface area contributed by atoms with Crippen molar-refractivity contribution in [2.24, 2.45) is 69.0 Å². The van der Waals surface area contributed by atoms with Crippen molar-refractivity contribution in [3.8, 4) is 0 Å². The van der Waals surface area contributed by atoms with Crippen molar-refractivity contribution in [3.63, 3.8) is 0 Å². The van der Waals surface area contributed by atoms with Gasteiger partial charge in [-0.1, -0.05) is 51.0 Å².